The molecule has 5 nitrogen and oxygen atoms in total. The highest BCUT2D eigenvalue weighted by atomic mass is 32.2. The number of carbonyl (C=O) groups is 2. The average molecular weight is 255 g/mol. The first-order valence-electron chi connectivity index (χ1n) is 5.59. The second-order valence-electron chi connectivity index (χ2n) is 4.81. The van der Waals surface area contributed by atoms with Crippen molar-refractivity contribution in [2.24, 2.45) is 11.8 Å². The molecule has 0 aromatic carbocycles. The van der Waals surface area contributed by atoms with Gasteiger partial charge in [-0.3, -0.25) is 9.69 Å². The molecular weight excluding hydrogens is 242 g/mol. The van der Waals surface area contributed by atoms with Crippen molar-refractivity contribution in [1.82, 2.24) is 4.90 Å². The second kappa shape index (κ2) is 3.49. The molecule has 3 aliphatic heterocycles. The number of esters is 1. The fourth-order valence-corrected chi connectivity index (χ4v) is 4.19. The summed E-state index contributed by atoms with van der Waals surface area (Å²) in [5.41, 5.74) is 0.815. The number of fused-ring (bicyclic) bond motifs is 2. The summed E-state index contributed by atoms with van der Waals surface area (Å²) in [4.78, 5) is 25.1. The number of nitrogens with zero attached hydrogens (tertiary/aromatic N) is 1. The monoisotopic (exact) mass is 255 g/mol. The molecule has 0 saturated carbocycles. The van der Waals surface area contributed by atoms with Crippen LogP contribution in [0.25, 0.3) is 0 Å². The highest BCUT2D eigenvalue weighted by molar-refractivity contribution is 8.00. The van der Waals surface area contributed by atoms with E-state index in [1.165, 1.54) is 4.90 Å². The standard InChI is InChI=1S/C11H13NO4S/c1-4(2)6-8(13)12-7-5(3-17-9(6)12)10(14)16-11(7)15/h4,6,9-10,14H,3H2,1-2H3/t6-,9-,10?/m1/s1. The largest absolute Gasteiger partial charge is 0.427 e. The number of aliphatic hydroxyl groups is 1. The Balaban J connectivity index is 1.95. The number of rotatable bonds is 1. The van der Waals surface area contributed by atoms with Gasteiger partial charge in [-0.25, -0.2) is 4.79 Å². The first kappa shape index (κ1) is 11.1. The third kappa shape index (κ3) is 1.31. The lowest BCUT2D eigenvalue weighted by Gasteiger charge is -2.50. The first-order valence-corrected chi connectivity index (χ1v) is 6.64. The smallest absolute Gasteiger partial charge is 0.357 e. The number of cyclic esters (lactones) is 1. The molecular formula is C11H13NO4S. The van der Waals surface area contributed by atoms with Crippen LogP contribution in [0.3, 0.4) is 0 Å². The number of amides is 1. The topological polar surface area (TPSA) is 66.8 Å². The molecule has 0 spiro atoms. The molecule has 0 bridgehead atoms. The van der Waals surface area contributed by atoms with E-state index in [0.717, 1.165) is 0 Å². The summed E-state index contributed by atoms with van der Waals surface area (Å²) in [7, 11) is 0. The van der Waals surface area contributed by atoms with Crippen LogP contribution in [0.4, 0.5) is 0 Å². The fourth-order valence-electron chi connectivity index (χ4n) is 2.56. The van der Waals surface area contributed by atoms with Crippen molar-refractivity contribution in [1.29, 1.82) is 0 Å². The van der Waals surface area contributed by atoms with Crippen LogP contribution in [-0.4, -0.2) is 39.3 Å². The van der Waals surface area contributed by atoms with Crippen molar-refractivity contribution in [2.75, 3.05) is 5.75 Å². The van der Waals surface area contributed by atoms with Crippen molar-refractivity contribution in [2.45, 2.75) is 25.5 Å². The molecule has 0 aromatic heterocycles. The molecule has 3 rings (SSSR count). The normalized spacial score (nSPS) is 35.8. The van der Waals surface area contributed by atoms with Gasteiger partial charge in [0.2, 0.25) is 12.2 Å². The van der Waals surface area contributed by atoms with Gasteiger partial charge in [-0.15, -0.1) is 11.8 Å². The van der Waals surface area contributed by atoms with E-state index in [1.54, 1.807) is 11.8 Å². The van der Waals surface area contributed by atoms with Gasteiger partial charge in [-0.1, -0.05) is 13.8 Å². The highest BCUT2D eigenvalue weighted by Crippen LogP contribution is 2.48. The maximum absolute atomic E-state index is 12.0. The van der Waals surface area contributed by atoms with Gasteiger partial charge in [-0.2, -0.15) is 0 Å². The number of thioether (sulfide) groups is 1. The average Bonchev–Trinajstić information content (AvgIpc) is 2.51. The molecule has 92 valence electrons. The predicted molar refractivity (Wildman–Crippen MR) is 60.5 cm³/mol. The minimum atomic E-state index is -1.17. The summed E-state index contributed by atoms with van der Waals surface area (Å²) in [6, 6.07) is 0. The lowest BCUT2D eigenvalue weighted by Crippen LogP contribution is -2.62. The molecule has 1 saturated heterocycles. The summed E-state index contributed by atoms with van der Waals surface area (Å²) < 4.78 is 4.74. The minimum Gasteiger partial charge on any atom is -0.427 e. The van der Waals surface area contributed by atoms with Gasteiger partial charge in [0, 0.05) is 11.3 Å². The Hall–Kier alpha value is -1.01. The second-order valence-corrected chi connectivity index (χ2v) is 5.92. The molecule has 6 heteroatoms. The van der Waals surface area contributed by atoms with Crippen LogP contribution in [0.2, 0.25) is 0 Å². The van der Waals surface area contributed by atoms with Crippen molar-refractivity contribution in [3.63, 3.8) is 0 Å². The van der Waals surface area contributed by atoms with Crippen LogP contribution in [0.1, 0.15) is 13.8 Å². The lowest BCUT2D eigenvalue weighted by atomic mass is 9.86. The molecule has 3 aliphatic rings. The van der Waals surface area contributed by atoms with Crippen LogP contribution >= 0.6 is 11.8 Å². The summed E-state index contributed by atoms with van der Waals surface area (Å²) in [5.74, 6) is 0.185. The van der Waals surface area contributed by atoms with Crippen LogP contribution in [0, 0.1) is 11.8 Å². The zero-order valence-corrected chi connectivity index (χ0v) is 10.4. The number of ether oxygens (including phenoxy) is 1. The Kier molecular flexibility index (Phi) is 2.28. The van der Waals surface area contributed by atoms with Gasteiger partial charge in [0.25, 0.3) is 0 Å². The Bertz CT molecular complexity index is 445. The maximum Gasteiger partial charge on any atom is 0.357 e. The Morgan fingerprint density at radius 1 is 1.47 bits per heavy atom. The zero-order chi connectivity index (χ0) is 12.3. The number of hydrogen-bond donors (Lipinski definition) is 1. The first-order chi connectivity index (χ1) is 8.02. The molecule has 3 heterocycles. The Morgan fingerprint density at radius 2 is 2.18 bits per heavy atom. The quantitative estimate of drug-likeness (QED) is 0.539. The summed E-state index contributed by atoms with van der Waals surface area (Å²) in [5, 5.41) is 9.56. The van der Waals surface area contributed by atoms with Crippen LogP contribution < -0.4 is 0 Å². The van der Waals surface area contributed by atoms with Crippen molar-refractivity contribution in [3.8, 4) is 0 Å². The van der Waals surface area contributed by atoms with Crippen LogP contribution in [0.5, 0.6) is 0 Å². The van der Waals surface area contributed by atoms with Crippen molar-refractivity contribution >= 4 is 23.6 Å². The van der Waals surface area contributed by atoms with Crippen LogP contribution in [-0.2, 0) is 14.3 Å². The Labute approximate surface area is 103 Å². The summed E-state index contributed by atoms with van der Waals surface area (Å²) in [6.45, 7) is 4.01. The zero-order valence-electron chi connectivity index (χ0n) is 9.54. The number of β-lactam (4-membered cyclic amide) rings is 1. The molecule has 3 atom stereocenters. The molecule has 17 heavy (non-hydrogen) atoms. The van der Waals surface area contributed by atoms with E-state index in [-0.39, 0.29) is 28.8 Å². The predicted octanol–water partition coefficient (Wildman–Crippen LogP) is 0.303. The number of aliphatic hydroxyl groups excluding tert-OH is 1. The van der Waals surface area contributed by atoms with E-state index < -0.39 is 12.3 Å². The van der Waals surface area contributed by atoms with Gasteiger partial charge in [0.15, 0.2) is 0 Å². The SMILES string of the molecule is CC(C)[C@@H]1C(=O)N2C3=C(CS[C@H]12)C(O)OC3=O. The van der Waals surface area contributed by atoms with E-state index in [1.807, 2.05) is 13.8 Å². The van der Waals surface area contributed by atoms with Gasteiger partial charge < -0.3 is 9.84 Å². The van der Waals surface area contributed by atoms with Crippen molar-refractivity contribution < 1.29 is 19.4 Å². The molecule has 1 N–H and O–H groups in total. The Morgan fingerprint density at radius 3 is 2.82 bits per heavy atom. The fraction of sp³-hybridized carbons (Fsp3) is 0.636. The van der Waals surface area contributed by atoms with Gasteiger partial charge >= 0.3 is 5.97 Å². The summed E-state index contributed by atoms with van der Waals surface area (Å²) in [6.07, 6.45) is -1.17. The maximum atomic E-state index is 12.0. The molecule has 0 aliphatic carbocycles. The minimum absolute atomic E-state index is 0.0269. The molecule has 1 amide bonds. The lowest BCUT2D eigenvalue weighted by molar-refractivity contribution is -0.159. The van der Waals surface area contributed by atoms with E-state index in [2.05, 4.69) is 0 Å². The third-order valence-electron chi connectivity index (χ3n) is 3.47. The van der Waals surface area contributed by atoms with E-state index in [0.29, 0.717) is 11.3 Å². The van der Waals surface area contributed by atoms with E-state index in [9.17, 15) is 14.7 Å². The summed E-state index contributed by atoms with van der Waals surface area (Å²) >= 11 is 1.59. The molecule has 0 radical (unpaired) electrons. The van der Waals surface area contributed by atoms with Gasteiger partial charge in [0.05, 0.1) is 11.3 Å². The van der Waals surface area contributed by atoms with E-state index in [4.69, 9.17) is 4.74 Å². The highest BCUT2D eigenvalue weighted by Gasteiger charge is 2.57. The molecule has 1 unspecified atom stereocenters. The third-order valence-corrected chi connectivity index (χ3v) is 4.79. The number of carbonyl (C=O) groups excluding carboxylic acids is 2. The van der Waals surface area contributed by atoms with Gasteiger partial charge in [-0.05, 0) is 5.92 Å². The van der Waals surface area contributed by atoms with E-state index >= 15 is 0 Å². The van der Waals surface area contributed by atoms with Gasteiger partial charge in [0.1, 0.15) is 5.70 Å². The van der Waals surface area contributed by atoms with Crippen molar-refractivity contribution in [3.05, 3.63) is 11.3 Å². The van der Waals surface area contributed by atoms with Crippen LogP contribution in [0.15, 0.2) is 11.3 Å². The molecule has 1 fully saturated rings. The number of hydrogen-bond acceptors (Lipinski definition) is 5. The molecule has 0 aromatic rings.